The van der Waals surface area contributed by atoms with Crippen molar-refractivity contribution in [2.75, 3.05) is 18.6 Å². The van der Waals surface area contributed by atoms with E-state index in [0.29, 0.717) is 12.3 Å². The van der Waals surface area contributed by atoms with Crippen molar-refractivity contribution < 1.29 is 23.4 Å². The number of amides is 2. The summed E-state index contributed by atoms with van der Waals surface area (Å²) >= 11 is 5.80. The molecule has 2 amide bonds. The first-order valence-electron chi connectivity index (χ1n) is 8.94. The summed E-state index contributed by atoms with van der Waals surface area (Å²) in [5, 5.41) is 0. The third-order valence-corrected chi connectivity index (χ3v) is 8.96. The molecular weight excluding hydrogens is 385 g/mol. The molecule has 4 aliphatic rings. The topological polar surface area (TPSA) is 65.1 Å². The molecule has 144 valence electrons. The summed E-state index contributed by atoms with van der Waals surface area (Å²) in [7, 11) is 1.60. The molecule has 5 rings (SSSR count). The van der Waals surface area contributed by atoms with E-state index in [0.717, 1.165) is 5.57 Å². The van der Waals surface area contributed by atoms with Crippen LogP contribution in [0.25, 0.3) is 0 Å². The second kappa shape index (κ2) is 6.90. The third kappa shape index (κ3) is 2.93. The standard InChI is InChI=1S/C19H22NO5PS/c1-11-9-14-15-16(17(11)25-26(14,27)24-12(2)10-23-3)19(22)20(18(15)21)13-7-5-4-6-8-13/h4-9,12,14-17H,10H2,1-3H3/t12?,14-,15+,16+,17+,26?/m0/s1. The molecule has 6 nitrogen and oxygen atoms in total. The molecule has 0 spiro atoms. The van der Waals surface area contributed by atoms with Crippen molar-refractivity contribution >= 4 is 35.8 Å². The second-order valence-corrected chi connectivity index (χ2v) is 10.9. The molecule has 0 N–H and O–H groups in total. The van der Waals surface area contributed by atoms with E-state index in [1.165, 1.54) is 4.90 Å². The van der Waals surface area contributed by atoms with Gasteiger partial charge in [-0.05, 0) is 43.4 Å². The van der Waals surface area contributed by atoms with Gasteiger partial charge in [0.25, 0.3) is 0 Å². The number of benzene rings is 1. The van der Waals surface area contributed by atoms with Crippen LogP contribution in [0, 0.1) is 11.8 Å². The lowest BCUT2D eigenvalue weighted by atomic mass is 9.79. The highest BCUT2D eigenvalue weighted by atomic mass is 32.5. The Balaban J connectivity index is 1.71. The molecule has 2 bridgehead atoms. The lowest BCUT2D eigenvalue weighted by Crippen LogP contribution is -2.48. The van der Waals surface area contributed by atoms with Crippen molar-refractivity contribution in [3.63, 3.8) is 0 Å². The fraction of sp³-hybridized carbons (Fsp3) is 0.474. The van der Waals surface area contributed by atoms with Crippen molar-refractivity contribution in [2.24, 2.45) is 11.8 Å². The van der Waals surface area contributed by atoms with E-state index in [-0.39, 0.29) is 17.9 Å². The Morgan fingerprint density at radius 2 is 1.89 bits per heavy atom. The summed E-state index contributed by atoms with van der Waals surface area (Å²) in [6.07, 6.45) is 1.24. The molecule has 2 unspecified atom stereocenters. The van der Waals surface area contributed by atoms with Crippen LogP contribution in [-0.2, 0) is 35.2 Å². The Kier molecular flexibility index (Phi) is 4.85. The molecule has 3 aliphatic heterocycles. The van der Waals surface area contributed by atoms with Crippen LogP contribution >= 0.6 is 6.49 Å². The molecule has 2 fully saturated rings. The van der Waals surface area contributed by atoms with Gasteiger partial charge in [-0.3, -0.25) is 9.59 Å². The van der Waals surface area contributed by atoms with Crippen LogP contribution in [0.4, 0.5) is 5.69 Å². The zero-order chi connectivity index (χ0) is 19.3. The summed E-state index contributed by atoms with van der Waals surface area (Å²) in [5.41, 5.74) is 1.13. The number of ether oxygens (including phenoxy) is 1. The van der Waals surface area contributed by atoms with Crippen molar-refractivity contribution in [1.29, 1.82) is 0 Å². The molecule has 1 aromatic rings. The van der Waals surface area contributed by atoms with Crippen LogP contribution in [0.15, 0.2) is 42.0 Å². The number of nitrogens with zero attached hydrogens (tertiary/aromatic N) is 1. The molecule has 6 atom stereocenters. The normalized spacial score (nSPS) is 36.0. The lowest BCUT2D eigenvalue weighted by molar-refractivity contribution is -0.124. The predicted octanol–water partition coefficient (Wildman–Crippen LogP) is 2.88. The number of rotatable bonds is 5. The fourth-order valence-electron chi connectivity index (χ4n) is 4.25. The predicted molar refractivity (Wildman–Crippen MR) is 105 cm³/mol. The minimum atomic E-state index is -2.77. The van der Waals surface area contributed by atoms with Gasteiger partial charge in [0.1, 0.15) is 0 Å². The molecule has 3 heterocycles. The number of carbonyl (C=O) groups excluding carboxylic acids is 2. The number of hydrogen-bond donors (Lipinski definition) is 0. The molecule has 0 radical (unpaired) electrons. The monoisotopic (exact) mass is 407 g/mol. The number of imide groups is 1. The first-order chi connectivity index (χ1) is 12.9. The minimum Gasteiger partial charge on any atom is -0.382 e. The van der Waals surface area contributed by atoms with E-state index in [4.69, 9.17) is 25.6 Å². The Hall–Kier alpha value is -1.37. The van der Waals surface area contributed by atoms with Crippen LogP contribution in [0.3, 0.4) is 0 Å². The number of hydrogen-bond acceptors (Lipinski definition) is 6. The molecule has 2 saturated heterocycles. The molecule has 0 aromatic heterocycles. The summed E-state index contributed by atoms with van der Waals surface area (Å²) in [4.78, 5) is 27.7. The fourth-order valence-corrected chi connectivity index (χ4v) is 8.18. The highest BCUT2D eigenvalue weighted by Gasteiger charge is 2.64. The number of anilines is 1. The largest absolute Gasteiger partial charge is 0.382 e. The van der Waals surface area contributed by atoms with E-state index >= 15 is 0 Å². The van der Waals surface area contributed by atoms with Gasteiger partial charge in [-0.15, -0.1) is 0 Å². The van der Waals surface area contributed by atoms with Crippen LogP contribution in [0.2, 0.25) is 0 Å². The van der Waals surface area contributed by atoms with E-state index < -0.39 is 30.1 Å². The second-order valence-electron chi connectivity index (χ2n) is 7.24. The average molecular weight is 407 g/mol. The Labute approximate surface area is 163 Å². The number of methoxy groups -OCH3 is 1. The molecule has 27 heavy (non-hydrogen) atoms. The zero-order valence-corrected chi connectivity index (χ0v) is 17.1. The number of carbonyl (C=O) groups is 2. The number of para-hydroxylation sites is 1. The van der Waals surface area contributed by atoms with Crippen LogP contribution in [-0.4, -0.2) is 43.4 Å². The summed E-state index contributed by atoms with van der Waals surface area (Å²) in [5.74, 6) is -1.49. The van der Waals surface area contributed by atoms with Crippen LogP contribution in [0.1, 0.15) is 13.8 Å². The first-order valence-corrected chi connectivity index (χ1v) is 11.6. The molecule has 8 heteroatoms. The van der Waals surface area contributed by atoms with Crippen molar-refractivity contribution in [1.82, 2.24) is 0 Å². The highest BCUT2D eigenvalue weighted by Crippen LogP contribution is 2.68. The Bertz CT molecular complexity index is 857. The number of allylic oxidation sites excluding steroid dienone is 1. The van der Waals surface area contributed by atoms with Crippen LogP contribution < -0.4 is 4.90 Å². The maximum absolute atomic E-state index is 13.3. The highest BCUT2D eigenvalue weighted by molar-refractivity contribution is 8.10. The van der Waals surface area contributed by atoms with Gasteiger partial charge in [0.2, 0.25) is 11.8 Å². The average Bonchev–Trinajstić information content (AvgIpc) is 2.89. The van der Waals surface area contributed by atoms with Crippen molar-refractivity contribution in [2.45, 2.75) is 31.7 Å². The van der Waals surface area contributed by atoms with E-state index in [1.54, 1.807) is 19.2 Å². The third-order valence-electron chi connectivity index (χ3n) is 5.34. The SMILES string of the molecule is COCC(C)OP1(=S)O[C@@H]2C(C)=C[C@H]1[C@H]1C(=O)N(c3ccccc3)C(=O)[C@H]12. The van der Waals surface area contributed by atoms with Crippen molar-refractivity contribution in [3.05, 3.63) is 42.0 Å². The summed E-state index contributed by atoms with van der Waals surface area (Å²) < 4.78 is 17.4. The van der Waals surface area contributed by atoms with Gasteiger partial charge in [0.05, 0.1) is 42.0 Å². The van der Waals surface area contributed by atoms with Gasteiger partial charge in [0.15, 0.2) is 6.49 Å². The van der Waals surface area contributed by atoms with Gasteiger partial charge in [-0.25, -0.2) is 4.90 Å². The zero-order valence-electron chi connectivity index (χ0n) is 15.4. The quantitative estimate of drug-likeness (QED) is 0.425. The van der Waals surface area contributed by atoms with Gasteiger partial charge in [0, 0.05) is 7.11 Å². The Morgan fingerprint density at radius 1 is 1.22 bits per heavy atom. The smallest absolute Gasteiger partial charge is 0.240 e. The minimum absolute atomic E-state index is 0.213. The maximum Gasteiger partial charge on any atom is 0.240 e. The van der Waals surface area contributed by atoms with Gasteiger partial charge in [-0.1, -0.05) is 24.3 Å². The van der Waals surface area contributed by atoms with Crippen LogP contribution in [0.5, 0.6) is 0 Å². The molecule has 0 saturated carbocycles. The van der Waals surface area contributed by atoms with Gasteiger partial charge >= 0.3 is 0 Å². The van der Waals surface area contributed by atoms with Crippen molar-refractivity contribution in [3.8, 4) is 0 Å². The maximum atomic E-state index is 13.3. The molecular formula is C19H22NO5PS. The van der Waals surface area contributed by atoms with Gasteiger partial charge < -0.3 is 13.8 Å². The molecule has 1 aliphatic carbocycles. The van der Waals surface area contributed by atoms with E-state index in [9.17, 15) is 9.59 Å². The Morgan fingerprint density at radius 3 is 2.56 bits per heavy atom. The first kappa shape index (κ1) is 19.0. The summed E-state index contributed by atoms with van der Waals surface area (Å²) in [6.45, 7) is 1.41. The van der Waals surface area contributed by atoms with E-state index in [1.807, 2.05) is 38.1 Å². The number of fused-ring (bicyclic) bond motifs is 1. The lowest BCUT2D eigenvalue weighted by Gasteiger charge is -2.48. The summed E-state index contributed by atoms with van der Waals surface area (Å²) in [6, 6.07) is 9.01. The van der Waals surface area contributed by atoms with Gasteiger partial charge in [-0.2, -0.15) is 0 Å². The van der Waals surface area contributed by atoms with E-state index in [2.05, 4.69) is 0 Å². The molecule has 1 aromatic carbocycles.